The van der Waals surface area contributed by atoms with Crippen LogP contribution >= 0.6 is 11.6 Å². The number of likely N-dealkylation sites (tertiary alicyclic amines) is 1. The van der Waals surface area contributed by atoms with Crippen LogP contribution in [-0.4, -0.2) is 32.4 Å². The van der Waals surface area contributed by atoms with Crippen molar-refractivity contribution in [2.75, 3.05) is 13.1 Å². The van der Waals surface area contributed by atoms with Crippen molar-refractivity contribution in [2.24, 2.45) is 0 Å². The molecule has 0 aromatic heterocycles. The van der Waals surface area contributed by atoms with E-state index in [2.05, 4.69) is 4.72 Å². The maximum atomic E-state index is 13.3. The number of halogens is 6. The number of benzene rings is 2. The average molecular weight is 469 g/mol. The van der Waals surface area contributed by atoms with Crippen LogP contribution in [0, 0.1) is 11.6 Å². The van der Waals surface area contributed by atoms with Crippen molar-refractivity contribution in [3.05, 3.63) is 64.2 Å². The van der Waals surface area contributed by atoms with Gasteiger partial charge in [0.05, 0.1) is 10.5 Å². The molecule has 0 bridgehead atoms. The number of hydrogen-bond donors (Lipinski definition) is 1. The lowest BCUT2D eigenvalue weighted by atomic mass is 10.1. The zero-order chi connectivity index (χ0) is 22.1. The van der Waals surface area contributed by atoms with E-state index in [1.165, 1.54) is 6.07 Å². The number of sulfonamides is 1. The maximum Gasteiger partial charge on any atom is 0.417 e. The molecule has 1 aliphatic heterocycles. The van der Waals surface area contributed by atoms with Gasteiger partial charge >= 0.3 is 6.18 Å². The summed E-state index contributed by atoms with van der Waals surface area (Å²) in [4.78, 5) is 1.06. The Labute approximate surface area is 175 Å². The molecular weight excluding hydrogens is 451 g/mol. The first kappa shape index (κ1) is 22.9. The van der Waals surface area contributed by atoms with Crippen LogP contribution in [-0.2, 0) is 22.7 Å². The van der Waals surface area contributed by atoms with Gasteiger partial charge in [-0.15, -0.1) is 0 Å². The summed E-state index contributed by atoms with van der Waals surface area (Å²) in [5.41, 5.74) is -0.748. The van der Waals surface area contributed by atoms with E-state index in [4.69, 9.17) is 11.6 Å². The second kappa shape index (κ2) is 8.78. The van der Waals surface area contributed by atoms with Gasteiger partial charge < -0.3 is 0 Å². The summed E-state index contributed by atoms with van der Waals surface area (Å²) in [6.45, 7) is 1.24. The number of piperidine rings is 1. The summed E-state index contributed by atoms with van der Waals surface area (Å²) in [6.07, 6.45) is -4.15. The summed E-state index contributed by atoms with van der Waals surface area (Å²) < 4.78 is 93.6. The first-order chi connectivity index (χ1) is 14.0. The molecular formula is C19H18ClF5N2O2S. The molecule has 30 heavy (non-hydrogen) atoms. The predicted molar refractivity (Wildman–Crippen MR) is 101 cm³/mol. The fraction of sp³-hybridized carbons (Fsp3) is 0.368. The minimum absolute atomic E-state index is 0.216. The van der Waals surface area contributed by atoms with Crippen molar-refractivity contribution in [3.8, 4) is 0 Å². The predicted octanol–water partition coefficient (Wildman–Crippen LogP) is 4.58. The highest BCUT2D eigenvalue weighted by Gasteiger charge is 2.38. The Morgan fingerprint density at radius 2 is 1.70 bits per heavy atom. The summed E-state index contributed by atoms with van der Waals surface area (Å²) in [6, 6.07) is 5.57. The lowest BCUT2D eigenvalue weighted by Gasteiger charge is -2.32. The highest BCUT2D eigenvalue weighted by molar-refractivity contribution is 7.89. The summed E-state index contributed by atoms with van der Waals surface area (Å²) in [5.74, 6) is -1.88. The third-order valence-electron chi connectivity index (χ3n) is 4.84. The van der Waals surface area contributed by atoms with Crippen LogP contribution < -0.4 is 4.72 Å². The highest BCUT2D eigenvalue weighted by atomic mass is 35.5. The Hall–Kier alpha value is -1.75. The lowest BCUT2D eigenvalue weighted by molar-refractivity contribution is -0.139. The zero-order valence-corrected chi connectivity index (χ0v) is 17.1. The number of nitrogens with zero attached hydrogens (tertiary/aromatic N) is 1. The molecule has 4 nitrogen and oxygen atoms in total. The molecule has 0 saturated carbocycles. The minimum Gasteiger partial charge on any atom is -0.299 e. The van der Waals surface area contributed by atoms with Gasteiger partial charge in [-0.25, -0.2) is 21.9 Å². The Morgan fingerprint density at radius 1 is 1.03 bits per heavy atom. The molecule has 0 aliphatic carbocycles. The van der Waals surface area contributed by atoms with E-state index in [1.54, 1.807) is 0 Å². The number of rotatable bonds is 5. The molecule has 0 spiro atoms. The fourth-order valence-corrected chi connectivity index (χ4v) is 5.03. The quantitative estimate of drug-likeness (QED) is 0.653. The van der Waals surface area contributed by atoms with Crippen LogP contribution in [0.4, 0.5) is 22.0 Å². The second-order valence-corrected chi connectivity index (χ2v) is 9.18. The van der Waals surface area contributed by atoms with Gasteiger partial charge in [-0.2, -0.15) is 13.2 Å². The molecule has 0 unspecified atom stereocenters. The maximum absolute atomic E-state index is 13.3. The van der Waals surface area contributed by atoms with Gasteiger partial charge in [0.15, 0.2) is 11.6 Å². The molecule has 0 atom stereocenters. The van der Waals surface area contributed by atoms with Gasteiger partial charge in [-0.3, -0.25) is 4.90 Å². The first-order valence-corrected chi connectivity index (χ1v) is 10.9. The van der Waals surface area contributed by atoms with E-state index in [0.717, 1.165) is 24.3 Å². The van der Waals surface area contributed by atoms with Crippen molar-refractivity contribution >= 4 is 21.6 Å². The summed E-state index contributed by atoms with van der Waals surface area (Å²) in [5, 5.41) is -0.216. The zero-order valence-electron chi connectivity index (χ0n) is 15.5. The molecule has 3 rings (SSSR count). The molecule has 0 radical (unpaired) electrons. The Kier molecular flexibility index (Phi) is 6.71. The molecule has 1 saturated heterocycles. The normalized spacial score (nSPS) is 16.7. The largest absolute Gasteiger partial charge is 0.417 e. The second-order valence-electron chi connectivity index (χ2n) is 7.06. The Morgan fingerprint density at radius 3 is 2.30 bits per heavy atom. The van der Waals surface area contributed by atoms with Crippen LogP contribution in [0.15, 0.2) is 41.3 Å². The molecule has 0 amide bonds. The summed E-state index contributed by atoms with van der Waals surface area (Å²) >= 11 is 5.60. The van der Waals surface area contributed by atoms with Crippen LogP contribution in [0.3, 0.4) is 0 Å². The van der Waals surface area contributed by atoms with E-state index in [0.29, 0.717) is 44.1 Å². The van der Waals surface area contributed by atoms with Crippen molar-refractivity contribution in [1.82, 2.24) is 9.62 Å². The third-order valence-corrected chi connectivity index (χ3v) is 6.65. The van der Waals surface area contributed by atoms with Gasteiger partial charge in [-0.1, -0.05) is 17.7 Å². The third kappa shape index (κ3) is 5.48. The molecule has 11 heteroatoms. The number of nitrogens with one attached hydrogen (secondary N) is 1. The SMILES string of the molecule is O=S(=O)(NC1CCN(Cc2ccc(F)c(F)c2)CC1)c1ccc(Cl)cc1C(F)(F)F. The van der Waals surface area contributed by atoms with Gasteiger partial charge in [0, 0.05) is 30.7 Å². The van der Waals surface area contributed by atoms with Gasteiger partial charge in [0.2, 0.25) is 10.0 Å². The average Bonchev–Trinajstić information content (AvgIpc) is 2.65. The number of hydrogen-bond acceptors (Lipinski definition) is 3. The molecule has 1 aliphatic rings. The molecule has 1 fully saturated rings. The first-order valence-electron chi connectivity index (χ1n) is 9.01. The van der Waals surface area contributed by atoms with E-state index >= 15 is 0 Å². The molecule has 1 N–H and O–H groups in total. The molecule has 2 aromatic rings. The van der Waals surface area contributed by atoms with E-state index < -0.39 is 44.3 Å². The standard InChI is InChI=1S/C19H18ClF5N2O2S/c20-13-2-4-18(15(10-13)19(23,24)25)30(28,29)26-14-5-7-27(8-6-14)11-12-1-3-16(21)17(22)9-12/h1-4,9-10,14,26H,5-8,11H2. The number of alkyl halides is 3. The lowest BCUT2D eigenvalue weighted by Crippen LogP contribution is -2.44. The summed E-state index contributed by atoms with van der Waals surface area (Å²) in [7, 11) is -4.42. The molecule has 164 valence electrons. The highest BCUT2D eigenvalue weighted by Crippen LogP contribution is 2.36. The Balaban J connectivity index is 1.65. The van der Waals surface area contributed by atoms with Gasteiger partial charge in [0.1, 0.15) is 0 Å². The smallest absolute Gasteiger partial charge is 0.299 e. The topological polar surface area (TPSA) is 49.4 Å². The van der Waals surface area contributed by atoms with Crippen molar-refractivity contribution < 1.29 is 30.4 Å². The fourth-order valence-electron chi connectivity index (χ4n) is 3.35. The van der Waals surface area contributed by atoms with E-state index in [1.807, 2.05) is 4.90 Å². The van der Waals surface area contributed by atoms with Gasteiger partial charge in [0.25, 0.3) is 0 Å². The van der Waals surface area contributed by atoms with E-state index in [-0.39, 0.29) is 5.02 Å². The van der Waals surface area contributed by atoms with Crippen LogP contribution in [0.1, 0.15) is 24.0 Å². The van der Waals surface area contributed by atoms with Crippen LogP contribution in [0.25, 0.3) is 0 Å². The van der Waals surface area contributed by atoms with Crippen molar-refractivity contribution in [1.29, 1.82) is 0 Å². The molecule has 1 heterocycles. The Bertz CT molecular complexity index is 1020. The van der Waals surface area contributed by atoms with Crippen LogP contribution in [0.5, 0.6) is 0 Å². The van der Waals surface area contributed by atoms with Crippen molar-refractivity contribution in [2.45, 2.75) is 36.5 Å². The monoisotopic (exact) mass is 468 g/mol. The van der Waals surface area contributed by atoms with Crippen LogP contribution in [0.2, 0.25) is 5.02 Å². The minimum atomic E-state index is -4.87. The van der Waals surface area contributed by atoms with Gasteiger partial charge in [-0.05, 0) is 48.7 Å². The molecule has 2 aromatic carbocycles. The van der Waals surface area contributed by atoms with Crippen molar-refractivity contribution in [3.63, 3.8) is 0 Å². The van der Waals surface area contributed by atoms with E-state index in [9.17, 15) is 30.4 Å².